The van der Waals surface area contributed by atoms with Crippen LogP contribution in [-0.2, 0) is 16.6 Å². The van der Waals surface area contributed by atoms with Crippen molar-refractivity contribution in [3.8, 4) is 0 Å². The van der Waals surface area contributed by atoms with E-state index in [1.54, 1.807) is 24.5 Å². The SMILES string of the molecule is CC(C)(Cc1ccc(NS(=O)(=O)NCC2CCCCC2)cc1)NC[C@H](O)c1cccnc1. The first-order valence-corrected chi connectivity index (χ1v) is 12.9. The van der Waals surface area contributed by atoms with Gasteiger partial charge in [-0.3, -0.25) is 9.71 Å². The van der Waals surface area contributed by atoms with Gasteiger partial charge in [0.05, 0.1) is 6.10 Å². The Balaban J connectivity index is 1.47. The summed E-state index contributed by atoms with van der Waals surface area (Å²) in [7, 11) is -3.57. The van der Waals surface area contributed by atoms with E-state index >= 15 is 0 Å². The predicted molar refractivity (Wildman–Crippen MR) is 129 cm³/mol. The minimum Gasteiger partial charge on any atom is -0.387 e. The zero-order valence-electron chi connectivity index (χ0n) is 19.0. The summed E-state index contributed by atoms with van der Waals surface area (Å²) < 4.78 is 30.0. The Morgan fingerprint density at radius 2 is 1.84 bits per heavy atom. The van der Waals surface area contributed by atoms with Crippen molar-refractivity contribution < 1.29 is 13.5 Å². The molecule has 0 bridgehead atoms. The van der Waals surface area contributed by atoms with E-state index < -0.39 is 16.3 Å². The van der Waals surface area contributed by atoms with Crippen LogP contribution in [0.15, 0.2) is 48.8 Å². The fourth-order valence-corrected chi connectivity index (χ4v) is 5.11. The number of hydrogen-bond donors (Lipinski definition) is 4. The van der Waals surface area contributed by atoms with Crippen LogP contribution in [-0.4, -0.2) is 37.1 Å². The zero-order chi connectivity index (χ0) is 23.0. The van der Waals surface area contributed by atoms with Crippen molar-refractivity contribution in [1.82, 2.24) is 15.0 Å². The van der Waals surface area contributed by atoms with Crippen molar-refractivity contribution in [3.05, 3.63) is 59.9 Å². The van der Waals surface area contributed by atoms with Crippen molar-refractivity contribution in [2.45, 2.75) is 64.0 Å². The second-order valence-corrected chi connectivity index (χ2v) is 10.9. The maximum Gasteiger partial charge on any atom is 0.299 e. The lowest BCUT2D eigenvalue weighted by Crippen LogP contribution is -2.43. The summed E-state index contributed by atoms with van der Waals surface area (Å²) in [6, 6.07) is 11.1. The van der Waals surface area contributed by atoms with Gasteiger partial charge in [-0.2, -0.15) is 13.1 Å². The zero-order valence-corrected chi connectivity index (χ0v) is 19.9. The highest BCUT2D eigenvalue weighted by molar-refractivity contribution is 7.90. The lowest BCUT2D eigenvalue weighted by molar-refractivity contribution is 0.160. The number of anilines is 1. The fourth-order valence-electron chi connectivity index (χ4n) is 4.14. The minimum atomic E-state index is -3.57. The van der Waals surface area contributed by atoms with E-state index in [-0.39, 0.29) is 5.54 Å². The van der Waals surface area contributed by atoms with E-state index in [4.69, 9.17) is 0 Å². The molecule has 1 saturated carbocycles. The number of β-amino-alcohol motifs (C(OH)–C–C–N with tert-alkyl or cyclic N) is 1. The average molecular weight is 461 g/mol. The van der Waals surface area contributed by atoms with Gasteiger partial charge in [-0.05, 0) is 62.8 Å². The standard InChI is InChI=1S/C24H36N4O3S/c1-24(2,26-18-23(29)21-9-6-14-25-17-21)15-19-10-12-22(13-11-19)28-32(30,31)27-16-20-7-4-3-5-8-20/h6,9-14,17,20,23,26-29H,3-5,7-8,15-16,18H2,1-2H3/t23-/m0/s1. The summed E-state index contributed by atoms with van der Waals surface area (Å²) in [5.74, 6) is 0.439. The molecular weight excluding hydrogens is 424 g/mol. The monoisotopic (exact) mass is 460 g/mol. The molecule has 2 aromatic rings. The summed E-state index contributed by atoms with van der Waals surface area (Å²) in [6.45, 7) is 5.07. The number of aliphatic hydroxyl groups excluding tert-OH is 1. The van der Waals surface area contributed by atoms with Gasteiger partial charge < -0.3 is 10.4 Å². The van der Waals surface area contributed by atoms with E-state index in [0.29, 0.717) is 24.7 Å². The Morgan fingerprint density at radius 1 is 1.12 bits per heavy atom. The van der Waals surface area contributed by atoms with Crippen molar-refractivity contribution in [1.29, 1.82) is 0 Å². The maximum absolute atomic E-state index is 12.4. The first-order valence-electron chi connectivity index (χ1n) is 11.4. The third-order valence-electron chi connectivity index (χ3n) is 5.98. The van der Waals surface area contributed by atoms with E-state index in [9.17, 15) is 13.5 Å². The molecule has 0 unspecified atom stereocenters. The number of nitrogens with one attached hydrogen (secondary N) is 3. The van der Waals surface area contributed by atoms with Gasteiger partial charge in [-0.15, -0.1) is 0 Å². The Hall–Kier alpha value is -2.00. The Morgan fingerprint density at radius 3 is 2.50 bits per heavy atom. The van der Waals surface area contributed by atoms with Crippen molar-refractivity contribution >= 4 is 15.9 Å². The van der Waals surface area contributed by atoms with Crippen LogP contribution >= 0.6 is 0 Å². The summed E-state index contributed by atoms with van der Waals surface area (Å²) in [5, 5.41) is 13.8. The first-order chi connectivity index (χ1) is 15.2. The van der Waals surface area contributed by atoms with Crippen LogP contribution in [0.2, 0.25) is 0 Å². The summed E-state index contributed by atoms with van der Waals surface area (Å²) in [4.78, 5) is 4.05. The van der Waals surface area contributed by atoms with E-state index in [1.165, 1.54) is 19.3 Å². The smallest absolute Gasteiger partial charge is 0.299 e. The molecule has 0 aliphatic heterocycles. The van der Waals surface area contributed by atoms with Gasteiger partial charge in [0.15, 0.2) is 0 Å². The molecule has 1 aliphatic rings. The van der Waals surface area contributed by atoms with Gasteiger partial charge in [0.25, 0.3) is 10.2 Å². The summed E-state index contributed by atoms with van der Waals surface area (Å²) in [5.41, 5.74) is 2.16. The highest BCUT2D eigenvalue weighted by Crippen LogP contribution is 2.23. The number of aliphatic hydroxyl groups is 1. The third-order valence-corrected chi connectivity index (χ3v) is 7.03. The molecule has 0 amide bonds. The molecule has 1 fully saturated rings. The first kappa shape index (κ1) is 24.6. The molecule has 1 heterocycles. The number of pyridine rings is 1. The minimum absolute atomic E-state index is 0.244. The lowest BCUT2D eigenvalue weighted by Gasteiger charge is -2.28. The number of aromatic nitrogens is 1. The number of nitrogens with zero attached hydrogens (tertiary/aromatic N) is 1. The third kappa shape index (κ3) is 8.16. The van der Waals surface area contributed by atoms with E-state index in [0.717, 1.165) is 30.4 Å². The van der Waals surface area contributed by atoms with Gasteiger partial charge in [0, 0.05) is 42.3 Å². The second-order valence-electron chi connectivity index (χ2n) is 9.40. The molecule has 0 spiro atoms. The topological polar surface area (TPSA) is 103 Å². The van der Waals surface area contributed by atoms with Crippen LogP contribution in [0.5, 0.6) is 0 Å². The van der Waals surface area contributed by atoms with Crippen molar-refractivity contribution in [2.24, 2.45) is 5.92 Å². The molecule has 3 rings (SSSR count). The van der Waals surface area contributed by atoms with Crippen LogP contribution in [0.4, 0.5) is 5.69 Å². The van der Waals surface area contributed by atoms with Crippen LogP contribution in [0.25, 0.3) is 0 Å². The molecule has 0 radical (unpaired) electrons. The number of benzene rings is 1. The molecule has 4 N–H and O–H groups in total. The average Bonchev–Trinajstić information content (AvgIpc) is 2.78. The highest BCUT2D eigenvalue weighted by atomic mass is 32.2. The Labute approximate surface area is 192 Å². The van der Waals surface area contributed by atoms with Crippen molar-refractivity contribution in [3.63, 3.8) is 0 Å². The second kappa shape index (κ2) is 11.2. The van der Waals surface area contributed by atoms with Crippen LogP contribution in [0.1, 0.15) is 63.2 Å². The van der Waals surface area contributed by atoms with Gasteiger partial charge in [0.1, 0.15) is 0 Å². The molecule has 32 heavy (non-hydrogen) atoms. The van der Waals surface area contributed by atoms with Gasteiger partial charge in [-0.25, -0.2) is 0 Å². The summed E-state index contributed by atoms with van der Waals surface area (Å²) >= 11 is 0. The van der Waals surface area contributed by atoms with Gasteiger partial charge in [0.2, 0.25) is 0 Å². The maximum atomic E-state index is 12.4. The Bertz CT molecular complexity index is 927. The van der Waals surface area contributed by atoms with E-state index in [2.05, 4.69) is 33.6 Å². The number of hydrogen-bond acceptors (Lipinski definition) is 5. The van der Waals surface area contributed by atoms with Crippen LogP contribution in [0, 0.1) is 5.92 Å². The van der Waals surface area contributed by atoms with Crippen molar-refractivity contribution in [2.75, 3.05) is 17.8 Å². The fraction of sp³-hybridized carbons (Fsp3) is 0.542. The quantitative estimate of drug-likeness (QED) is 0.411. The van der Waals surface area contributed by atoms with Crippen LogP contribution in [0.3, 0.4) is 0 Å². The predicted octanol–water partition coefficient (Wildman–Crippen LogP) is 3.55. The van der Waals surface area contributed by atoms with Crippen LogP contribution < -0.4 is 14.8 Å². The van der Waals surface area contributed by atoms with E-state index in [1.807, 2.05) is 24.3 Å². The molecule has 1 atom stereocenters. The lowest BCUT2D eigenvalue weighted by atomic mass is 9.90. The largest absolute Gasteiger partial charge is 0.387 e. The molecule has 176 valence electrons. The molecule has 1 aromatic carbocycles. The molecule has 0 saturated heterocycles. The molecule has 8 heteroatoms. The molecule has 1 aromatic heterocycles. The molecule has 7 nitrogen and oxygen atoms in total. The molecular formula is C24H36N4O3S. The normalized spacial score (nSPS) is 16.6. The summed E-state index contributed by atoms with van der Waals surface area (Å²) in [6.07, 6.45) is 9.30. The van der Waals surface area contributed by atoms with Gasteiger partial charge in [-0.1, -0.05) is 37.5 Å². The van der Waals surface area contributed by atoms with Gasteiger partial charge >= 0.3 is 0 Å². The molecule has 1 aliphatic carbocycles. The highest BCUT2D eigenvalue weighted by Gasteiger charge is 2.20. The Kier molecular flexibility index (Phi) is 8.64. The number of rotatable bonds is 11.